The summed E-state index contributed by atoms with van der Waals surface area (Å²) in [6.07, 6.45) is 2.31. The van der Waals surface area contributed by atoms with E-state index < -0.39 is 11.9 Å². The van der Waals surface area contributed by atoms with Crippen LogP contribution < -0.4 is 15.4 Å². The van der Waals surface area contributed by atoms with Crippen LogP contribution in [0.15, 0.2) is 54.2 Å². The summed E-state index contributed by atoms with van der Waals surface area (Å²) >= 11 is 0. The number of nitrogens with one attached hydrogen (secondary N) is 2. The number of allylic oxidation sites excluding steroid dienone is 1. The van der Waals surface area contributed by atoms with E-state index in [1.54, 1.807) is 25.3 Å². The van der Waals surface area contributed by atoms with Crippen LogP contribution in [0.2, 0.25) is 0 Å². The van der Waals surface area contributed by atoms with Gasteiger partial charge in [-0.1, -0.05) is 18.2 Å². The van der Waals surface area contributed by atoms with Crippen LogP contribution in [0.4, 0.5) is 5.69 Å². The Hall–Kier alpha value is -4.27. The number of fused-ring (bicyclic) bond motifs is 1. The van der Waals surface area contributed by atoms with Gasteiger partial charge < -0.3 is 15.0 Å². The lowest BCUT2D eigenvalue weighted by molar-refractivity contribution is -0.137. The van der Waals surface area contributed by atoms with Crippen LogP contribution in [0.1, 0.15) is 53.1 Å². The summed E-state index contributed by atoms with van der Waals surface area (Å²) < 4.78 is 5.17. The van der Waals surface area contributed by atoms with Gasteiger partial charge in [0.2, 0.25) is 11.8 Å². The van der Waals surface area contributed by atoms with Gasteiger partial charge in [-0.15, -0.1) is 0 Å². The van der Waals surface area contributed by atoms with Crippen molar-refractivity contribution < 1.29 is 28.7 Å². The summed E-state index contributed by atoms with van der Waals surface area (Å²) in [6.45, 7) is 0.189. The predicted molar refractivity (Wildman–Crippen MR) is 129 cm³/mol. The van der Waals surface area contributed by atoms with Crippen LogP contribution in [0.25, 0.3) is 0 Å². The highest BCUT2D eigenvalue weighted by Gasteiger charge is 2.40. The molecule has 3 amide bonds. The summed E-state index contributed by atoms with van der Waals surface area (Å²) in [6, 6.07) is 11.8. The topological polar surface area (TPSA) is 122 Å². The summed E-state index contributed by atoms with van der Waals surface area (Å²) in [5.74, 6) is -1.07. The van der Waals surface area contributed by atoms with Gasteiger partial charge in [0.15, 0.2) is 11.6 Å². The fraction of sp³-hybridized carbons (Fsp3) is 0.296. The van der Waals surface area contributed by atoms with E-state index in [-0.39, 0.29) is 67.1 Å². The first-order valence-corrected chi connectivity index (χ1v) is 11.8. The van der Waals surface area contributed by atoms with Crippen molar-refractivity contribution >= 4 is 35.0 Å². The molecule has 5 rings (SSSR count). The summed E-state index contributed by atoms with van der Waals surface area (Å²) in [4.78, 5) is 64.0. The second kappa shape index (κ2) is 9.41. The number of nitrogens with zero attached hydrogens (tertiary/aromatic N) is 1. The smallest absolute Gasteiger partial charge is 0.255 e. The molecule has 2 heterocycles. The van der Waals surface area contributed by atoms with Crippen LogP contribution in [0, 0.1) is 0 Å². The van der Waals surface area contributed by atoms with E-state index in [0.29, 0.717) is 22.6 Å². The molecule has 9 heteroatoms. The van der Waals surface area contributed by atoms with Crippen molar-refractivity contribution in [3.63, 3.8) is 0 Å². The maximum atomic E-state index is 13.0. The molecule has 1 unspecified atom stereocenters. The van der Waals surface area contributed by atoms with Gasteiger partial charge in [-0.3, -0.25) is 29.3 Å². The van der Waals surface area contributed by atoms with Gasteiger partial charge in [-0.25, -0.2) is 0 Å². The zero-order valence-electron chi connectivity index (χ0n) is 19.7. The minimum absolute atomic E-state index is 0.101. The molecule has 3 aliphatic rings. The Kier molecular flexibility index (Phi) is 6.13. The molecule has 0 radical (unpaired) electrons. The summed E-state index contributed by atoms with van der Waals surface area (Å²) in [5.41, 5.74) is 2.72. The molecule has 2 aromatic rings. The monoisotopic (exact) mass is 487 g/mol. The van der Waals surface area contributed by atoms with Crippen molar-refractivity contribution in [2.75, 3.05) is 12.4 Å². The first-order valence-electron chi connectivity index (χ1n) is 11.8. The van der Waals surface area contributed by atoms with Gasteiger partial charge in [-0.2, -0.15) is 0 Å². The minimum atomic E-state index is -0.717. The zero-order valence-corrected chi connectivity index (χ0v) is 19.7. The maximum absolute atomic E-state index is 13.0. The van der Waals surface area contributed by atoms with E-state index in [9.17, 15) is 24.0 Å². The number of hydrogen-bond acceptors (Lipinski definition) is 7. The van der Waals surface area contributed by atoms with Crippen LogP contribution in [-0.4, -0.2) is 47.3 Å². The third kappa shape index (κ3) is 4.28. The first kappa shape index (κ1) is 23.5. The van der Waals surface area contributed by atoms with Crippen molar-refractivity contribution in [2.24, 2.45) is 0 Å². The van der Waals surface area contributed by atoms with Crippen molar-refractivity contribution in [1.29, 1.82) is 0 Å². The van der Waals surface area contributed by atoms with Gasteiger partial charge in [0.1, 0.15) is 11.8 Å². The van der Waals surface area contributed by atoms with E-state index in [4.69, 9.17) is 4.74 Å². The molecular weight excluding hydrogens is 462 g/mol. The third-order valence-electron chi connectivity index (χ3n) is 7.01. The number of Topliss-reactive ketones (excluding diaryl/α,β-unsaturated/α-hetero) is 2. The molecule has 0 aromatic heterocycles. The number of ether oxygens (including phenoxy) is 1. The van der Waals surface area contributed by atoms with Gasteiger partial charge >= 0.3 is 0 Å². The molecule has 1 saturated heterocycles. The number of imide groups is 1. The largest absolute Gasteiger partial charge is 0.497 e. The van der Waals surface area contributed by atoms with E-state index in [2.05, 4.69) is 10.6 Å². The molecule has 2 aliphatic heterocycles. The van der Waals surface area contributed by atoms with Gasteiger partial charge in [0.25, 0.3) is 5.91 Å². The van der Waals surface area contributed by atoms with Gasteiger partial charge in [-0.05, 0) is 42.2 Å². The average Bonchev–Trinajstić information content (AvgIpc) is 3.20. The number of benzene rings is 2. The molecule has 184 valence electrons. The average molecular weight is 488 g/mol. The predicted octanol–water partition coefficient (Wildman–Crippen LogP) is 2.47. The lowest BCUT2D eigenvalue weighted by Crippen LogP contribution is -2.52. The number of methoxy groups -OCH3 is 1. The standard InChI is InChI=1S/C27H25N3O6/c1-36-17-7-5-15(6-8-17)16-11-23(31)19(24(32)12-16)13-28-21-4-2-3-18-20(21)14-30(27(18)35)22-9-10-25(33)29-26(22)34/h2-8,13,16,22,28H,9-12,14H2,1H3,(H,29,33,34). The minimum Gasteiger partial charge on any atom is -0.497 e. The van der Waals surface area contributed by atoms with E-state index in [1.165, 1.54) is 11.1 Å². The molecule has 0 spiro atoms. The Morgan fingerprint density at radius 1 is 1.00 bits per heavy atom. The Morgan fingerprint density at radius 2 is 1.72 bits per heavy atom. The van der Waals surface area contributed by atoms with Crippen molar-refractivity contribution in [2.45, 2.75) is 44.2 Å². The normalized spacial score (nSPS) is 21.9. The third-order valence-corrected chi connectivity index (χ3v) is 7.01. The highest BCUT2D eigenvalue weighted by Crippen LogP contribution is 2.34. The molecule has 1 saturated carbocycles. The number of carbonyl (C=O) groups excluding carboxylic acids is 5. The van der Waals surface area contributed by atoms with Crippen LogP contribution in [0.3, 0.4) is 0 Å². The summed E-state index contributed by atoms with van der Waals surface area (Å²) in [7, 11) is 1.58. The number of carbonyl (C=O) groups is 5. The quantitative estimate of drug-likeness (QED) is 0.377. The molecule has 2 aromatic carbocycles. The lowest BCUT2D eigenvalue weighted by atomic mass is 9.80. The van der Waals surface area contributed by atoms with Crippen LogP contribution in [-0.2, 0) is 25.7 Å². The number of ketones is 2. The highest BCUT2D eigenvalue weighted by atomic mass is 16.5. The number of piperidine rings is 1. The Bertz CT molecular complexity index is 1290. The molecule has 1 aliphatic carbocycles. The molecule has 1 atom stereocenters. The van der Waals surface area contributed by atoms with E-state index in [1.807, 2.05) is 24.3 Å². The lowest BCUT2D eigenvalue weighted by Gasteiger charge is -2.29. The first-order chi connectivity index (χ1) is 17.4. The van der Waals surface area contributed by atoms with E-state index in [0.717, 1.165) is 5.56 Å². The maximum Gasteiger partial charge on any atom is 0.255 e. The van der Waals surface area contributed by atoms with Crippen molar-refractivity contribution in [3.05, 3.63) is 70.9 Å². The SMILES string of the molecule is COc1ccc(C2CC(=O)C(=CNc3cccc4c3CN(C3CCC(=O)NC3=O)C4=O)C(=O)C2)cc1. The molecule has 2 N–H and O–H groups in total. The molecule has 2 fully saturated rings. The fourth-order valence-corrected chi connectivity index (χ4v) is 5.04. The number of amides is 3. The number of hydrogen-bond donors (Lipinski definition) is 2. The van der Waals surface area contributed by atoms with Gasteiger partial charge in [0, 0.05) is 48.8 Å². The van der Waals surface area contributed by atoms with Gasteiger partial charge in [0.05, 0.1) is 12.7 Å². The second-order valence-corrected chi connectivity index (χ2v) is 9.16. The highest BCUT2D eigenvalue weighted by molar-refractivity contribution is 6.22. The molecule has 36 heavy (non-hydrogen) atoms. The Balaban J connectivity index is 1.31. The Morgan fingerprint density at radius 3 is 2.39 bits per heavy atom. The second-order valence-electron chi connectivity index (χ2n) is 9.16. The van der Waals surface area contributed by atoms with Crippen LogP contribution in [0.5, 0.6) is 5.75 Å². The zero-order chi connectivity index (χ0) is 25.4. The molecule has 9 nitrogen and oxygen atoms in total. The molecular formula is C27H25N3O6. The summed E-state index contributed by atoms with van der Waals surface area (Å²) in [5, 5.41) is 5.34. The Labute approximate surface area is 207 Å². The number of anilines is 1. The van der Waals surface area contributed by atoms with Crippen molar-refractivity contribution in [1.82, 2.24) is 10.2 Å². The van der Waals surface area contributed by atoms with E-state index >= 15 is 0 Å². The van der Waals surface area contributed by atoms with Crippen LogP contribution >= 0.6 is 0 Å². The molecule has 0 bridgehead atoms. The fourth-order valence-electron chi connectivity index (χ4n) is 5.04. The number of rotatable bonds is 5. The van der Waals surface area contributed by atoms with Crippen molar-refractivity contribution in [3.8, 4) is 5.75 Å².